The molecule has 1 aliphatic rings. The normalized spacial score (nSPS) is 13.1. The molecule has 4 aromatic rings. The van der Waals surface area contributed by atoms with Crippen LogP contribution in [0.4, 0.5) is 34.1 Å². The van der Waals surface area contributed by atoms with Crippen LogP contribution in [0.25, 0.3) is 10.8 Å². The zero-order valence-electron chi connectivity index (χ0n) is 36.5. The number of carbonyl (C=O) groups excluding carboxylic acids is 1. The third-order valence-electron chi connectivity index (χ3n) is 9.12. The van der Waals surface area contributed by atoms with Crippen LogP contribution < -0.4 is 123 Å². The first-order valence-corrected chi connectivity index (χ1v) is 21.9. The summed E-state index contributed by atoms with van der Waals surface area (Å²) in [6.45, 7) is 5.82. The molecule has 0 aliphatic heterocycles. The number of azo groups is 2. The first-order valence-electron chi connectivity index (χ1n) is 18.9. The topological polar surface area (TPSA) is 367 Å². The number of hydrogen-bond acceptors (Lipinski definition) is 18. The number of aliphatic imine (C=N–C) groups is 1. The number of allylic oxidation sites excluding steroid dienone is 5. The van der Waals surface area contributed by atoms with Crippen molar-refractivity contribution >= 4 is 81.5 Å². The number of nitrogens with two attached hydrogens (primary N) is 1. The van der Waals surface area contributed by atoms with Crippen molar-refractivity contribution in [2.24, 2.45) is 36.5 Å². The minimum atomic E-state index is -4.64. The summed E-state index contributed by atoms with van der Waals surface area (Å²) in [6, 6.07) is 14.5. The summed E-state index contributed by atoms with van der Waals surface area (Å²) in [4.78, 5) is 36.4. The van der Waals surface area contributed by atoms with Crippen LogP contribution in [0.15, 0.2) is 133 Å². The Morgan fingerprint density at radius 3 is 2.07 bits per heavy atom. The number of unbranched alkanes of at least 4 members (excludes halogenated alkanes) is 1. The molecule has 0 aromatic heterocycles. The number of hydrogen-bond donors (Lipinski definition) is 3. The molecule has 0 fully saturated rings. The van der Waals surface area contributed by atoms with Crippen LogP contribution in [-0.4, -0.2) is 59.7 Å². The average molecular weight is 1060 g/mol. The maximum Gasteiger partial charge on any atom is 3.00 e. The van der Waals surface area contributed by atoms with Gasteiger partial charge < -0.3 is 29.7 Å². The van der Waals surface area contributed by atoms with Crippen molar-refractivity contribution in [3.63, 3.8) is 0 Å². The molecule has 344 valence electrons. The predicted molar refractivity (Wildman–Crippen MR) is 231 cm³/mol. The number of non-ortho nitro benzene ring substituents is 1. The van der Waals surface area contributed by atoms with Crippen LogP contribution in [0.3, 0.4) is 0 Å². The number of benzene rings is 4. The van der Waals surface area contributed by atoms with Crippen molar-refractivity contribution in [3.8, 4) is 11.5 Å². The van der Waals surface area contributed by atoms with Crippen LogP contribution in [0, 0.1) is 26.1 Å². The second-order valence-electron chi connectivity index (χ2n) is 13.7. The maximum atomic E-state index is 12.4. The van der Waals surface area contributed by atoms with Gasteiger partial charge in [-0.3, -0.25) is 29.2 Å². The molecule has 1 unspecified atom stereocenters. The Morgan fingerprint density at radius 1 is 0.851 bits per heavy atom. The number of nitrogens with zero attached hydrogens (tertiary/aromatic N) is 7. The monoisotopic (exact) mass is 1050 g/mol. The molecule has 22 nitrogen and oxygen atoms in total. The number of aliphatic hydroxyl groups excluding tert-OH is 1. The SMILES string of the molecule is CCCCC(CC)CNC(=O)/C(N=Nc1cc(S(N)(=O)=O)ccc1[O-])=C(\C)O.O=[N+]([O-])c1cc(N=Nc2c(N=C3C=CC(=S(=O)([O-])[O-])C=C3)ccc3ccccc23)c([O-])c([N+](=O)[O-])c1.[Co+3].[K+].[K+]. The van der Waals surface area contributed by atoms with E-state index in [2.05, 4.69) is 37.7 Å². The molecule has 0 spiro atoms. The third-order valence-corrected chi connectivity index (χ3v) is 10.9. The van der Waals surface area contributed by atoms with E-state index in [9.17, 15) is 62.1 Å². The maximum absolute atomic E-state index is 12.4. The Labute approximate surface area is 480 Å². The fraction of sp³-hybridized carbons (Fsp3) is 0.225. The molecule has 0 radical (unpaired) electrons. The van der Waals surface area contributed by atoms with E-state index in [-0.39, 0.29) is 159 Å². The zero-order chi connectivity index (χ0) is 47.4. The molecule has 27 heteroatoms. The largest absolute Gasteiger partial charge is 3.00 e. The number of amides is 1. The minimum absolute atomic E-state index is 0. The van der Waals surface area contributed by atoms with Gasteiger partial charge in [0.1, 0.15) is 11.4 Å². The number of fused-ring (bicyclic) bond motifs is 1. The summed E-state index contributed by atoms with van der Waals surface area (Å²) >= 11 is 0. The average Bonchev–Trinajstić information content (AvgIpc) is 3.23. The molecule has 4 N–H and O–H groups in total. The van der Waals surface area contributed by atoms with E-state index < -0.39 is 69.3 Å². The molecule has 0 saturated carbocycles. The van der Waals surface area contributed by atoms with Gasteiger partial charge in [-0.15, -0.1) is 10.2 Å². The predicted octanol–water partition coefficient (Wildman–Crippen LogP) is 0.680. The Hall–Kier alpha value is -3.47. The van der Waals surface area contributed by atoms with E-state index in [0.29, 0.717) is 29.3 Å². The quantitative estimate of drug-likeness (QED) is 0.0281. The molecule has 1 amide bonds. The number of sulfonamides is 1. The molecule has 0 bridgehead atoms. The van der Waals surface area contributed by atoms with Gasteiger partial charge >= 0.3 is 120 Å². The molecule has 5 rings (SSSR count). The molecular weight excluding hydrogens is 1020 g/mol. The smallest absolute Gasteiger partial charge is 0.871 e. The number of nitro groups is 2. The molecular formula is C40H39CoK2N9O13S2+. The molecule has 0 saturated heterocycles. The Morgan fingerprint density at radius 2 is 1.51 bits per heavy atom. The van der Waals surface area contributed by atoms with Crippen molar-refractivity contribution in [2.75, 3.05) is 6.54 Å². The van der Waals surface area contributed by atoms with Crippen molar-refractivity contribution in [2.45, 2.75) is 51.3 Å². The van der Waals surface area contributed by atoms with Gasteiger partial charge in [0.15, 0.2) is 5.70 Å². The van der Waals surface area contributed by atoms with Crippen LogP contribution >= 0.6 is 0 Å². The first kappa shape index (κ1) is 61.5. The molecule has 1 aliphatic carbocycles. The summed E-state index contributed by atoms with van der Waals surface area (Å²) in [5.74, 6) is -2.45. The second-order valence-corrected chi connectivity index (χ2v) is 16.6. The molecule has 1 atom stereocenters. The third kappa shape index (κ3) is 18.1. The van der Waals surface area contributed by atoms with E-state index in [0.717, 1.165) is 62.1 Å². The van der Waals surface area contributed by atoms with Crippen molar-refractivity contribution in [3.05, 3.63) is 123 Å². The molecule has 4 aromatic carbocycles. The van der Waals surface area contributed by atoms with Gasteiger partial charge in [0.25, 0.3) is 17.3 Å². The fourth-order valence-corrected chi connectivity index (χ4v) is 6.67. The summed E-state index contributed by atoms with van der Waals surface area (Å²) < 4.78 is 56.3. The van der Waals surface area contributed by atoms with Crippen LogP contribution in [0.2, 0.25) is 0 Å². The van der Waals surface area contributed by atoms with Crippen LogP contribution in [0.5, 0.6) is 11.5 Å². The Kier molecular flexibility index (Phi) is 26.0. The number of primary sulfonamides is 1. The number of aliphatic hydroxyl groups is 1. The van der Waals surface area contributed by atoms with Crippen molar-refractivity contribution < 1.29 is 171 Å². The van der Waals surface area contributed by atoms with Gasteiger partial charge in [-0.05, 0) is 67.2 Å². The summed E-state index contributed by atoms with van der Waals surface area (Å²) in [5, 5.41) is 80.5. The number of nitro benzene ring substituents is 2. The van der Waals surface area contributed by atoms with Gasteiger partial charge in [0, 0.05) is 28.6 Å². The standard InChI is InChI=1S/C22H15N5O8S.C18H28N4O5S.Co.2K/c28-22-19(11-15(26(29)30)12-20(22)27(31)32)24-25-21-17-4-2-1-3-13(17)5-10-18(21)23-14-6-8-16(9-7-14)36(33,34)35;1-4-6-7-13(5-2)11-20-18(25)17(12(3)23)22-21-15-10-14(28(19,26)27)8-9-16(15)24;;;/h1-12,28H,(H2,33,34,35);8-10,13,23-24H,4-7,11H2,1-3H3,(H,20,25)(H2,19,26,27);;;/q;;+3;2*+1/p-4/b;17-12-,22-21?;;;. The van der Waals surface area contributed by atoms with Gasteiger partial charge in [-0.2, -0.15) is 20.3 Å². The van der Waals surface area contributed by atoms with Crippen LogP contribution in [0.1, 0.15) is 46.5 Å². The van der Waals surface area contributed by atoms with Gasteiger partial charge in [0.2, 0.25) is 10.0 Å². The van der Waals surface area contributed by atoms with E-state index in [1.807, 2.05) is 6.92 Å². The van der Waals surface area contributed by atoms with Crippen LogP contribution in [-0.2, 0) is 41.7 Å². The van der Waals surface area contributed by atoms with E-state index in [1.165, 1.54) is 19.1 Å². The van der Waals surface area contributed by atoms with Gasteiger partial charge in [-0.25, -0.2) is 18.5 Å². The Bertz CT molecular complexity index is 2890. The van der Waals surface area contributed by atoms with Gasteiger partial charge in [0.05, 0.1) is 43.6 Å². The van der Waals surface area contributed by atoms with E-state index >= 15 is 0 Å². The molecule has 67 heavy (non-hydrogen) atoms. The van der Waals surface area contributed by atoms with E-state index in [4.69, 9.17) is 5.14 Å². The van der Waals surface area contributed by atoms with Crippen molar-refractivity contribution in [1.29, 1.82) is 0 Å². The number of rotatable bonds is 15. The minimum Gasteiger partial charge on any atom is -0.871 e. The fourth-order valence-electron chi connectivity index (χ4n) is 5.67. The van der Waals surface area contributed by atoms with E-state index in [1.54, 1.807) is 36.4 Å². The molecule has 0 heterocycles. The number of nitrogens with one attached hydrogen (secondary N) is 1. The van der Waals surface area contributed by atoms with Crippen molar-refractivity contribution in [1.82, 2.24) is 5.32 Å². The zero-order valence-corrected chi connectivity index (χ0v) is 45.4. The summed E-state index contributed by atoms with van der Waals surface area (Å²) in [5.41, 5.74) is -2.37. The second kappa shape index (κ2) is 28.3. The number of carbonyl (C=O) groups is 1. The first-order chi connectivity index (χ1) is 30.1. The van der Waals surface area contributed by atoms with Gasteiger partial charge in [-0.1, -0.05) is 75.3 Å². The Balaban J connectivity index is 0.000000662. The summed E-state index contributed by atoms with van der Waals surface area (Å²) in [7, 11) is -8.67. The summed E-state index contributed by atoms with van der Waals surface area (Å²) in [6.07, 6.45) is 8.80.